The van der Waals surface area contributed by atoms with Gasteiger partial charge in [-0.2, -0.15) is 17.5 Å². The Hall–Kier alpha value is -2.67. The monoisotopic (exact) mass is 448 g/mol. The van der Waals surface area contributed by atoms with Crippen LogP contribution in [0.1, 0.15) is 18.4 Å². The Morgan fingerprint density at radius 2 is 1.67 bits per heavy atom. The maximum Gasteiger partial charge on any atom is 0.416 e. The molecule has 0 spiro atoms. The molecular weight excluding hydrogens is 429 g/mol. The average molecular weight is 448 g/mol. The maximum atomic E-state index is 12.7. The van der Waals surface area contributed by atoms with Gasteiger partial charge in [0.25, 0.3) is 5.91 Å². The van der Waals surface area contributed by atoms with Crippen molar-refractivity contribution in [3.8, 4) is 0 Å². The van der Waals surface area contributed by atoms with E-state index in [1.807, 2.05) is 0 Å². The number of carbonyl (C=O) groups excluding carboxylic acids is 3. The van der Waals surface area contributed by atoms with Crippen molar-refractivity contribution in [3.05, 3.63) is 29.8 Å². The summed E-state index contributed by atoms with van der Waals surface area (Å²) in [6.07, 6.45) is -4.43. The molecule has 0 aliphatic carbocycles. The van der Waals surface area contributed by atoms with E-state index in [9.17, 15) is 36.0 Å². The van der Waals surface area contributed by atoms with Gasteiger partial charge in [-0.05, 0) is 30.7 Å². The second-order valence-corrected chi connectivity index (χ2v) is 8.80. The number of sulfonamides is 1. The van der Waals surface area contributed by atoms with Crippen LogP contribution < -0.4 is 10.6 Å². The van der Waals surface area contributed by atoms with Gasteiger partial charge in [-0.25, -0.2) is 13.2 Å². The Morgan fingerprint density at radius 1 is 1.07 bits per heavy atom. The Kier molecular flexibility index (Phi) is 6.04. The third kappa shape index (κ3) is 4.73. The fourth-order valence-electron chi connectivity index (χ4n) is 3.23. The van der Waals surface area contributed by atoms with Gasteiger partial charge in [0.05, 0.1) is 10.5 Å². The van der Waals surface area contributed by atoms with Gasteiger partial charge < -0.3 is 10.2 Å². The SMILES string of the molecule is O=C1NC(=O)C(CCC(=O)N2CCN(S(=O)(=O)c3ccc(C(F)(F)F)cc3)CC2)N1. The first kappa shape index (κ1) is 22.0. The van der Waals surface area contributed by atoms with Crippen molar-refractivity contribution in [2.75, 3.05) is 26.2 Å². The number of hydrogen-bond donors (Lipinski definition) is 2. The topological polar surface area (TPSA) is 116 Å². The van der Waals surface area contributed by atoms with Crippen LogP contribution in [-0.2, 0) is 25.8 Å². The first-order valence-electron chi connectivity index (χ1n) is 9.05. The smallest absolute Gasteiger partial charge is 0.340 e. The Labute approximate surface area is 170 Å². The van der Waals surface area contributed by atoms with E-state index in [0.717, 1.165) is 16.4 Å². The van der Waals surface area contributed by atoms with Crippen LogP contribution in [0.4, 0.5) is 18.0 Å². The Morgan fingerprint density at radius 3 is 2.17 bits per heavy atom. The van der Waals surface area contributed by atoms with Gasteiger partial charge >= 0.3 is 12.2 Å². The molecule has 1 aromatic rings. The van der Waals surface area contributed by atoms with Crippen LogP contribution in [0.5, 0.6) is 0 Å². The molecule has 4 amide bonds. The lowest BCUT2D eigenvalue weighted by molar-refractivity contribution is -0.137. The zero-order valence-corrected chi connectivity index (χ0v) is 16.4. The highest BCUT2D eigenvalue weighted by Gasteiger charge is 2.34. The number of amides is 4. The molecule has 1 aromatic carbocycles. The van der Waals surface area contributed by atoms with E-state index >= 15 is 0 Å². The second-order valence-electron chi connectivity index (χ2n) is 6.86. The van der Waals surface area contributed by atoms with Gasteiger partial charge in [0, 0.05) is 32.6 Å². The number of hydrogen-bond acceptors (Lipinski definition) is 5. The molecule has 2 saturated heterocycles. The highest BCUT2D eigenvalue weighted by Crippen LogP contribution is 2.30. The molecule has 2 heterocycles. The number of halogens is 3. The molecule has 30 heavy (non-hydrogen) atoms. The molecule has 13 heteroatoms. The Bertz CT molecular complexity index is 941. The van der Waals surface area contributed by atoms with Crippen molar-refractivity contribution in [2.24, 2.45) is 0 Å². The summed E-state index contributed by atoms with van der Waals surface area (Å²) in [7, 11) is -3.98. The van der Waals surface area contributed by atoms with Crippen LogP contribution in [0, 0.1) is 0 Å². The first-order valence-corrected chi connectivity index (χ1v) is 10.5. The molecule has 0 bridgehead atoms. The lowest BCUT2D eigenvalue weighted by Gasteiger charge is -2.34. The molecule has 0 aromatic heterocycles. The van der Waals surface area contributed by atoms with Gasteiger partial charge in [-0.15, -0.1) is 0 Å². The van der Waals surface area contributed by atoms with Crippen molar-refractivity contribution in [1.82, 2.24) is 19.8 Å². The third-order valence-electron chi connectivity index (χ3n) is 4.92. The quantitative estimate of drug-likeness (QED) is 0.638. The van der Waals surface area contributed by atoms with Crippen LogP contribution in [0.25, 0.3) is 0 Å². The van der Waals surface area contributed by atoms with E-state index in [1.54, 1.807) is 0 Å². The number of nitrogens with one attached hydrogen (secondary N) is 2. The minimum atomic E-state index is -4.56. The van der Waals surface area contributed by atoms with E-state index in [2.05, 4.69) is 10.6 Å². The van der Waals surface area contributed by atoms with Crippen LogP contribution in [0.2, 0.25) is 0 Å². The van der Waals surface area contributed by atoms with E-state index in [4.69, 9.17) is 0 Å². The number of alkyl halides is 3. The number of urea groups is 1. The van der Waals surface area contributed by atoms with Crippen molar-refractivity contribution in [1.29, 1.82) is 0 Å². The molecule has 3 rings (SSSR count). The zero-order valence-electron chi connectivity index (χ0n) is 15.6. The molecule has 1 atom stereocenters. The van der Waals surface area contributed by atoms with Gasteiger partial charge in [0.2, 0.25) is 15.9 Å². The Balaban J connectivity index is 1.54. The molecule has 2 fully saturated rings. The number of imide groups is 1. The van der Waals surface area contributed by atoms with Crippen molar-refractivity contribution < 1.29 is 36.0 Å². The summed E-state index contributed by atoms with van der Waals surface area (Å²) < 4.78 is 64.4. The van der Waals surface area contributed by atoms with E-state index in [-0.39, 0.29) is 49.8 Å². The number of benzene rings is 1. The maximum absolute atomic E-state index is 12.7. The second kappa shape index (κ2) is 8.22. The minimum absolute atomic E-state index is 0.00399. The predicted molar refractivity (Wildman–Crippen MR) is 96.5 cm³/mol. The normalized spacial score (nSPS) is 20.8. The van der Waals surface area contributed by atoms with Crippen LogP contribution in [0.3, 0.4) is 0 Å². The summed E-state index contributed by atoms with van der Waals surface area (Å²) in [5.74, 6) is -0.782. The lowest BCUT2D eigenvalue weighted by atomic mass is 10.1. The largest absolute Gasteiger partial charge is 0.416 e. The summed E-state index contributed by atoms with van der Waals surface area (Å²) in [5.41, 5.74) is -0.941. The third-order valence-corrected chi connectivity index (χ3v) is 6.83. The summed E-state index contributed by atoms with van der Waals surface area (Å²) in [6, 6.07) is 1.87. The van der Waals surface area contributed by atoms with E-state index in [1.165, 1.54) is 4.90 Å². The van der Waals surface area contributed by atoms with Gasteiger partial charge in [-0.1, -0.05) is 0 Å². The zero-order chi connectivity index (χ0) is 22.1. The summed E-state index contributed by atoms with van der Waals surface area (Å²) in [4.78, 5) is 36.1. The van der Waals surface area contributed by atoms with E-state index in [0.29, 0.717) is 12.1 Å². The van der Waals surface area contributed by atoms with Gasteiger partial charge in [0.15, 0.2) is 0 Å². The summed E-state index contributed by atoms with van der Waals surface area (Å²) in [5, 5.41) is 4.46. The number of piperazine rings is 1. The average Bonchev–Trinajstić information content (AvgIpc) is 3.02. The molecule has 1 unspecified atom stereocenters. The molecule has 0 saturated carbocycles. The standard InChI is InChI=1S/C17H19F3N4O5S/c18-17(19,20)11-1-3-12(4-2-11)30(28,29)24-9-7-23(8-10-24)14(25)6-5-13-15(26)22-16(27)21-13/h1-4,13H,5-10H2,(H2,21,22,26,27). The molecule has 0 radical (unpaired) electrons. The minimum Gasteiger partial charge on any atom is -0.340 e. The molecule has 164 valence electrons. The fourth-order valence-corrected chi connectivity index (χ4v) is 4.65. The van der Waals surface area contributed by atoms with Crippen LogP contribution >= 0.6 is 0 Å². The van der Waals surface area contributed by atoms with Crippen LogP contribution in [-0.4, -0.2) is 67.7 Å². The highest BCUT2D eigenvalue weighted by molar-refractivity contribution is 7.89. The number of rotatable bonds is 5. The van der Waals surface area contributed by atoms with Gasteiger partial charge in [-0.3, -0.25) is 14.9 Å². The van der Waals surface area contributed by atoms with E-state index < -0.39 is 39.7 Å². The summed E-state index contributed by atoms with van der Waals surface area (Å²) in [6.45, 7) is 0.218. The summed E-state index contributed by atoms with van der Waals surface area (Å²) >= 11 is 0. The molecule has 2 aliphatic rings. The van der Waals surface area contributed by atoms with Crippen molar-refractivity contribution in [3.63, 3.8) is 0 Å². The molecular formula is C17H19F3N4O5S. The molecule has 9 nitrogen and oxygen atoms in total. The molecule has 2 N–H and O–H groups in total. The molecule has 2 aliphatic heterocycles. The van der Waals surface area contributed by atoms with Crippen molar-refractivity contribution >= 4 is 27.9 Å². The fraction of sp³-hybridized carbons (Fsp3) is 0.471. The lowest BCUT2D eigenvalue weighted by Crippen LogP contribution is -2.50. The van der Waals surface area contributed by atoms with Crippen LogP contribution in [0.15, 0.2) is 29.2 Å². The van der Waals surface area contributed by atoms with Gasteiger partial charge in [0.1, 0.15) is 6.04 Å². The predicted octanol–water partition coefficient (Wildman–Crippen LogP) is 0.526. The number of carbonyl (C=O) groups is 3. The highest BCUT2D eigenvalue weighted by atomic mass is 32.2. The first-order chi connectivity index (χ1) is 14.0. The van der Waals surface area contributed by atoms with Crippen molar-refractivity contribution in [2.45, 2.75) is 30.0 Å². The number of nitrogens with zero attached hydrogens (tertiary/aromatic N) is 2.